The van der Waals surface area contributed by atoms with Crippen molar-refractivity contribution in [2.45, 2.75) is 32.6 Å². The summed E-state index contributed by atoms with van der Waals surface area (Å²) in [6.07, 6.45) is 3.81. The Morgan fingerprint density at radius 2 is 1.91 bits per heavy atom. The standard InChI is InChI=1S/C24H26F2N4OS/c1-13-2-5-17-20(27)22(32-24(17)29-13)23(31)28-7-6-14-9-18(25)21(19(26)10-14)30-11-15-3-4-16(8-15)12-30/h2,5,9-10,15-16H,3-4,6-8,11-12,27H2,1H3,(H,28,31). The van der Waals surface area contributed by atoms with E-state index in [1.54, 1.807) is 0 Å². The Labute approximate surface area is 189 Å². The van der Waals surface area contributed by atoms with Crippen LogP contribution in [-0.2, 0) is 6.42 Å². The number of aryl methyl sites for hydroxylation is 1. The van der Waals surface area contributed by atoms with Crippen LogP contribution in [0.25, 0.3) is 10.2 Å². The predicted octanol–water partition coefficient (Wildman–Crippen LogP) is 4.67. The maximum absolute atomic E-state index is 14.8. The Hall–Kier alpha value is -2.74. The van der Waals surface area contributed by atoms with E-state index in [0.717, 1.165) is 41.8 Å². The number of nitrogens with one attached hydrogen (secondary N) is 1. The van der Waals surface area contributed by atoms with Gasteiger partial charge in [-0.15, -0.1) is 11.3 Å². The minimum atomic E-state index is -0.525. The summed E-state index contributed by atoms with van der Waals surface area (Å²) in [4.78, 5) is 20.0. The molecule has 8 heteroatoms. The van der Waals surface area contributed by atoms with E-state index < -0.39 is 11.6 Å². The number of aromatic nitrogens is 1. The van der Waals surface area contributed by atoms with Crippen LogP contribution in [0, 0.1) is 30.4 Å². The number of thiophene rings is 1. The predicted molar refractivity (Wildman–Crippen MR) is 124 cm³/mol. The monoisotopic (exact) mass is 456 g/mol. The number of benzene rings is 1. The minimum Gasteiger partial charge on any atom is -0.397 e. The van der Waals surface area contributed by atoms with Crippen molar-refractivity contribution in [1.82, 2.24) is 10.3 Å². The first kappa shape index (κ1) is 21.1. The van der Waals surface area contributed by atoms with Gasteiger partial charge in [-0.3, -0.25) is 4.79 Å². The van der Waals surface area contributed by atoms with Gasteiger partial charge in [0, 0.05) is 30.7 Å². The number of carbonyl (C=O) groups is 1. The third-order valence-electron chi connectivity index (χ3n) is 6.64. The zero-order valence-electron chi connectivity index (χ0n) is 18.0. The molecule has 5 nitrogen and oxygen atoms in total. The molecule has 2 aromatic heterocycles. The van der Waals surface area contributed by atoms with E-state index in [2.05, 4.69) is 10.3 Å². The highest BCUT2D eigenvalue weighted by Gasteiger charge is 2.34. The number of fused-ring (bicyclic) bond motifs is 3. The lowest BCUT2D eigenvalue weighted by molar-refractivity contribution is 0.0959. The second kappa shape index (κ2) is 8.31. The lowest BCUT2D eigenvalue weighted by Crippen LogP contribution is -2.37. The topological polar surface area (TPSA) is 71.2 Å². The van der Waals surface area contributed by atoms with Crippen molar-refractivity contribution >= 4 is 38.8 Å². The molecule has 5 rings (SSSR count). The van der Waals surface area contributed by atoms with Gasteiger partial charge in [0.15, 0.2) is 0 Å². The van der Waals surface area contributed by atoms with Crippen molar-refractivity contribution in [3.8, 4) is 0 Å². The molecule has 1 aromatic carbocycles. The zero-order chi connectivity index (χ0) is 22.4. The fourth-order valence-electron chi connectivity index (χ4n) is 5.11. The lowest BCUT2D eigenvalue weighted by Gasteiger charge is -2.34. The maximum atomic E-state index is 14.8. The summed E-state index contributed by atoms with van der Waals surface area (Å²) in [5.41, 5.74) is 8.01. The van der Waals surface area contributed by atoms with Crippen LogP contribution in [0.4, 0.5) is 20.2 Å². The van der Waals surface area contributed by atoms with Crippen LogP contribution in [0.5, 0.6) is 0 Å². The van der Waals surface area contributed by atoms with Crippen LogP contribution >= 0.6 is 11.3 Å². The number of anilines is 2. The second-order valence-corrected chi connectivity index (χ2v) is 10.0. The van der Waals surface area contributed by atoms with E-state index in [0.29, 0.717) is 34.4 Å². The van der Waals surface area contributed by atoms with Crippen LogP contribution in [0.1, 0.15) is 40.2 Å². The van der Waals surface area contributed by atoms with Gasteiger partial charge >= 0.3 is 0 Å². The smallest absolute Gasteiger partial charge is 0.263 e. The normalized spacial score (nSPS) is 20.2. The fourth-order valence-corrected chi connectivity index (χ4v) is 6.17. The number of hydrogen-bond acceptors (Lipinski definition) is 5. The zero-order valence-corrected chi connectivity index (χ0v) is 18.8. The molecule has 1 aliphatic heterocycles. The molecule has 1 saturated carbocycles. The van der Waals surface area contributed by atoms with Crippen LogP contribution < -0.4 is 16.0 Å². The molecule has 168 valence electrons. The summed E-state index contributed by atoms with van der Waals surface area (Å²) < 4.78 is 29.7. The molecule has 0 radical (unpaired) electrons. The molecule has 3 N–H and O–H groups in total. The summed E-state index contributed by atoms with van der Waals surface area (Å²) in [7, 11) is 0. The first-order chi connectivity index (χ1) is 15.4. The molecule has 0 spiro atoms. The van der Waals surface area contributed by atoms with Gasteiger partial charge in [-0.2, -0.15) is 0 Å². The van der Waals surface area contributed by atoms with E-state index in [1.165, 1.54) is 29.9 Å². The first-order valence-corrected chi connectivity index (χ1v) is 11.9. The van der Waals surface area contributed by atoms with E-state index in [1.807, 2.05) is 24.0 Å². The number of rotatable bonds is 5. The quantitative estimate of drug-likeness (QED) is 0.585. The number of nitrogens with zero attached hydrogens (tertiary/aromatic N) is 2. The van der Waals surface area contributed by atoms with Crippen molar-refractivity contribution in [3.63, 3.8) is 0 Å². The Morgan fingerprint density at radius 1 is 1.22 bits per heavy atom. The number of halogens is 2. The van der Waals surface area contributed by atoms with Crippen LogP contribution in [0.2, 0.25) is 0 Å². The molecule has 1 saturated heterocycles. The van der Waals surface area contributed by atoms with Gasteiger partial charge in [0.05, 0.1) is 5.69 Å². The first-order valence-electron chi connectivity index (χ1n) is 11.1. The van der Waals surface area contributed by atoms with Crippen molar-refractivity contribution in [2.24, 2.45) is 11.8 Å². The summed E-state index contributed by atoms with van der Waals surface area (Å²) in [5, 5.41) is 3.57. The van der Waals surface area contributed by atoms with Gasteiger partial charge in [0.25, 0.3) is 5.91 Å². The number of amides is 1. The van der Waals surface area contributed by atoms with Gasteiger partial charge in [0.2, 0.25) is 0 Å². The summed E-state index contributed by atoms with van der Waals surface area (Å²) >= 11 is 1.25. The van der Waals surface area contributed by atoms with Crippen molar-refractivity contribution in [3.05, 3.63) is 52.0 Å². The summed E-state index contributed by atoms with van der Waals surface area (Å²) in [6.45, 7) is 3.59. The molecule has 3 heterocycles. The number of hydrogen-bond donors (Lipinski definition) is 2. The van der Waals surface area contributed by atoms with Gasteiger partial charge in [-0.25, -0.2) is 13.8 Å². The van der Waals surface area contributed by atoms with E-state index >= 15 is 0 Å². The summed E-state index contributed by atoms with van der Waals surface area (Å²) in [5.74, 6) is -0.263. The van der Waals surface area contributed by atoms with E-state index in [-0.39, 0.29) is 18.1 Å². The van der Waals surface area contributed by atoms with Gasteiger partial charge in [-0.05, 0) is 74.3 Å². The highest BCUT2D eigenvalue weighted by molar-refractivity contribution is 7.21. The molecule has 2 fully saturated rings. The van der Waals surface area contributed by atoms with E-state index in [9.17, 15) is 13.6 Å². The Bertz CT molecular complexity index is 1160. The average molecular weight is 457 g/mol. The molecular weight excluding hydrogens is 430 g/mol. The molecule has 2 atom stereocenters. The van der Waals surface area contributed by atoms with Crippen LogP contribution in [-0.4, -0.2) is 30.5 Å². The summed E-state index contributed by atoms with van der Waals surface area (Å²) in [6, 6.07) is 6.50. The molecule has 3 aromatic rings. The minimum absolute atomic E-state index is 0.0928. The highest BCUT2D eigenvalue weighted by Crippen LogP contribution is 2.39. The van der Waals surface area contributed by atoms with Crippen molar-refractivity contribution < 1.29 is 13.6 Å². The van der Waals surface area contributed by atoms with Gasteiger partial charge in [-0.1, -0.05) is 0 Å². The highest BCUT2D eigenvalue weighted by atomic mass is 32.1. The molecule has 2 aliphatic rings. The Morgan fingerprint density at radius 3 is 2.59 bits per heavy atom. The molecule has 32 heavy (non-hydrogen) atoms. The number of nitrogen functional groups attached to an aromatic ring is 1. The second-order valence-electron chi connectivity index (χ2n) is 9.01. The third-order valence-corrected chi connectivity index (χ3v) is 7.75. The van der Waals surface area contributed by atoms with Crippen LogP contribution in [0.3, 0.4) is 0 Å². The fraction of sp³-hybridized carbons (Fsp3) is 0.417. The largest absolute Gasteiger partial charge is 0.397 e. The van der Waals surface area contributed by atoms with Crippen molar-refractivity contribution in [1.29, 1.82) is 0 Å². The lowest BCUT2D eigenvalue weighted by atomic mass is 9.98. The van der Waals surface area contributed by atoms with Gasteiger partial charge < -0.3 is 16.0 Å². The Kier molecular flexibility index (Phi) is 5.49. The molecule has 2 bridgehead atoms. The maximum Gasteiger partial charge on any atom is 0.263 e. The number of piperidine rings is 1. The number of carbonyl (C=O) groups excluding carboxylic acids is 1. The van der Waals surface area contributed by atoms with Crippen LogP contribution in [0.15, 0.2) is 24.3 Å². The molecule has 1 amide bonds. The SMILES string of the molecule is Cc1ccc2c(N)c(C(=O)NCCc3cc(F)c(N4CC5CCC(C5)C4)c(F)c3)sc2n1. The number of nitrogens with two attached hydrogens (primary N) is 1. The van der Waals surface area contributed by atoms with Crippen molar-refractivity contribution in [2.75, 3.05) is 30.3 Å². The van der Waals surface area contributed by atoms with E-state index in [4.69, 9.17) is 5.73 Å². The third kappa shape index (κ3) is 3.92. The number of pyridine rings is 1. The molecule has 2 unspecified atom stereocenters. The molecular formula is C24H26F2N4OS. The Balaban J connectivity index is 1.24. The average Bonchev–Trinajstić information content (AvgIpc) is 3.25. The molecule has 1 aliphatic carbocycles. The van der Waals surface area contributed by atoms with Gasteiger partial charge in [0.1, 0.15) is 27.0 Å².